The van der Waals surface area contributed by atoms with E-state index in [0.29, 0.717) is 22.6 Å². The van der Waals surface area contributed by atoms with Crippen LogP contribution in [-0.2, 0) is 0 Å². The third-order valence-electron chi connectivity index (χ3n) is 3.64. The molecule has 1 aromatic carbocycles. The monoisotopic (exact) mass is 393 g/mol. The minimum Gasteiger partial charge on any atom is -0.493 e. The minimum absolute atomic E-state index is 0.135. The van der Waals surface area contributed by atoms with Gasteiger partial charge in [-0.3, -0.25) is 19.9 Å². The van der Waals surface area contributed by atoms with Crippen LogP contribution in [-0.4, -0.2) is 34.1 Å². The van der Waals surface area contributed by atoms with Gasteiger partial charge in [-0.25, -0.2) is 10.4 Å². The molecule has 10 heteroatoms. The van der Waals surface area contributed by atoms with Crippen molar-refractivity contribution in [3.63, 3.8) is 0 Å². The van der Waals surface area contributed by atoms with Crippen molar-refractivity contribution in [2.24, 2.45) is 5.10 Å². The van der Waals surface area contributed by atoms with E-state index in [0.717, 1.165) is 6.20 Å². The molecule has 0 atom stereocenters. The second kappa shape index (κ2) is 9.04. The molecule has 1 amide bonds. The molecule has 0 aliphatic rings. The van der Waals surface area contributed by atoms with Crippen LogP contribution < -0.4 is 14.9 Å². The Labute approximate surface area is 165 Å². The molecule has 0 aliphatic carbocycles. The van der Waals surface area contributed by atoms with Gasteiger partial charge < -0.3 is 9.47 Å². The third-order valence-corrected chi connectivity index (χ3v) is 3.64. The first-order valence-corrected chi connectivity index (χ1v) is 8.26. The second-order valence-corrected chi connectivity index (χ2v) is 5.56. The molecule has 3 rings (SSSR count). The smallest absolute Gasteiger partial charge is 0.287 e. The van der Waals surface area contributed by atoms with Crippen LogP contribution in [0.4, 0.5) is 5.69 Å². The van der Waals surface area contributed by atoms with Gasteiger partial charge in [0.25, 0.3) is 11.6 Å². The summed E-state index contributed by atoms with van der Waals surface area (Å²) < 4.78 is 10.9. The van der Waals surface area contributed by atoms with Crippen molar-refractivity contribution >= 4 is 17.8 Å². The molecule has 29 heavy (non-hydrogen) atoms. The number of aromatic nitrogens is 2. The number of rotatable bonds is 7. The molecule has 0 bridgehead atoms. The molecule has 146 valence electrons. The largest absolute Gasteiger partial charge is 0.493 e. The highest BCUT2D eigenvalue weighted by molar-refractivity contribution is 5.94. The number of methoxy groups -OCH3 is 1. The quantitative estimate of drug-likeness (QED) is 0.371. The first-order valence-electron chi connectivity index (χ1n) is 8.26. The van der Waals surface area contributed by atoms with Crippen molar-refractivity contribution in [1.29, 1.82) is 0 Å². The van der Waals surface area contributed by atoms with Crippen LogP contribution in [0, 0.1) is 10.1 Å². The first kappa shape index (κ1) is 19.4. The van der Waals surface area contributed by atoms with Gasteiger partial charge in [0.05, 0.1) is 23.8 Å². The molecule has 0 unspecified atom stereocenters. The number of benzene rings is 1. The second-order valence-electron chi connectivity index (χ2n) is 5.56. The van der Waals surface area contributed by atoms with Gasteiger partial charge in [0.1, 0.15) is 6.20 Å². The number of ether oxygens (including phenoxy) is 2. The molecule has 2 aromatic heterocycles. The fraction of sp³-hybridized carbons (Fsp3) is 0.0526. The zero-order valence-electron chi connectivity index (χ0n) is 15.2. The molecule has 2 heterocycles. The standard InChI is InChI=1S/C19H15N5O5/c1-28-17-9-13(10-22-23-19(25)14-3-2-8-20-11-14)4-6-16(17)29-18-7-5-15(12-21-18)24(26)27/h2-12H,1H3,(H,23,25). The molecule has 10 nitrogen and oxygen atoms in total. The predicted octanol–water partition coefficient (Wildman–Crippen LogP) is 2.95. The van der Waals surface area contributed by atoms with Gasteiger partial charge >= 0.3 is 0 Å². The number of amides is 1. The number of hydrazone groups is 1. The lowest BCUT2D eigenvalue weighted by atomic mass is 10.2. The lowest BCUT2D eigenvalue weighted by Crippen LogP contribution is -2.17. The number of nitrogens with one attached hydrogen (secondary N) is 1. The van der Waals surface area contributed by atoms with E-state index in [1.54, 1.807) is 36.5 Å². The molecule has 0 radical (unpaired) electrons. The lowest BCUT2D eigenvalue weighted by Gasteiger charge is -2.10. The molecule has 1 N–H and O–H groups in total. The van der Waals surface area contributed by atoms with Crippen molar-refractivity contribution in [3.8, 4) is 17.4 Å². The zero-order chi connectivity index (χ0) is 20.6. The van der Waals surface area contributed by atoms with Gasteiger partial charge in [0.15, 0.2) is 11.5 Å². The van der Waals surface area contributed by atoms with E-state index in [1.807, 2.05) is 0 Å². The van der Waals surface area contributed by atoms with Crippen molar-refractivity contribution in [2.75, 3.05) is 7.11 Å². The molecule has 0 fully saturated rings. The molecule has 3 aromatic rings. The average Bonchev–Trinajstić information content (AvgIpc) is 2.75. The maximum absolute atomic E-state index is 11.9. The summed E-state index contributed by atoms with van der Waals surface area (Å²) >= 11 is 0. The Bertz CT molecular complexity index is 1040. The fourth-order valence-corrected chi connectivity index (χ4v) is 2.23. The van der Waals surface area contributed by atoms with E-state index < -0.39 is 4.92 Å². The number of carbonyl (C=O) groups excluding carboxylic acids is 1. The van der Waals surface area contributed by atoms with Crippen LogP contribution in [0.1, 0.15) is 15.9 Å². The highest BCUT2D eigenvalue weighted by Gasteiger charge is 2.10. The predicted molar refractivity (Wildman–Crippen MR) is 103 cm³/mol. The number of nitro groups is 1. The average molecular weight is 393 g/mol. The molecule has 0 saturated carbocycles. The van der Waals surface area contributed by atoms with Gasteiger partial charge in [-0.05, 0) is 35.9 Å². The molecule has 0 saturated heterocycles. The van der Waals surface area contributed by atoms with E-state index in [4.69, 9.17) is 9.47 Å². The van der Waals surface area contributed by atoms with Gasteiger partial charge in [-0.15, -0.1) is 0 Å². The summed E-state index contributed by atoms with van der Waals surface area (Å²) in [5.41, 5.74) is 3.31. The summed E-state index contributed by atoms with van der Waals surface area (Å²) in [6.45, 7) is 0. The summed E-state index contributed by atoms with van der Waals surface area (Å²) in [7, 11) is 1.47. The summed E-state index contributed by atoms with van der Waals surface area (Å²) in [5.74, 6) is 0.558. The minimum atomic E-state index is -0.543. The Balaban J connectivity index is 1.68. The van der Waals surface area contributed by atoms with E-state index in [9.17, 15) is 14.9 Å². The Morgan fingerprint density at radius 2 is 2.07 bits per heavy atom. The Kier molecular flexibility index (Phi) is 6.05. The van der Waals surface area contributed by atoms with Crippen LogP contribution in [0.15, 0.2) is 66.2 Å². The Hall–Kier alpha value is -4.34. The van der Waals surface area contributed by atoms with E-state index in [2.05, 4.69) is 20.5 Å². The van der Waals surface area contributed by atoms with Crippen LogP contribution in [0.25, 0.3) is 0 Å². The molecular weight excluding hydrogens is 378 g/mol. The van der Waals surface area contributed by atoms with Crippen molar-refractivity contribution in [3.05, 3.63) is 82.3 Å². The maximum atomic E-state index is 11.9. The number of hydrogen-bond donors (Lipinski definition) is 1. The summed E-state index contributed by atoms with van der Waals surface area (Å²) in [6.07, 6.45) is 5.56. The zero-order valence-corrected chi connectivity index (χ0v) is 15.2. The normalized spacial score (nSPS) is 10.5. The van der Waals surface area contributed by atoms with E-state index in [1.165, 1.54) is 31.7 Å². The van der Waals surface area contributed by atoms with Crippen LogP contribution in [0.2, 0.25) is 0 Å². The van der Waals surface area contributed by atoms with Gasteiger partial charge in [-0.2, -0.15) is 5.10 Å². The molecule has 0 aliphatic heterocycles. The third kappa shape index (κ3) is 5.10. The summed E-state index contributed by atoms with van der Waals surface area (Å²) in [6, 6.07) is 10.9. The van der Waals surface area contributed by atoms with E-state index in [-0.39, 0.29) is 17.5 Å². The first-order chi connectivity index (χ1) is 14.1. The van der Waals surface area contributed by atoms with E-state index >= 15 is 0 Å². The van der Waals surface area contributed by atoms with Crippen molar-refractivity contribution in [2.45, 2.75) is 0 Å². The van der Waals surface area contributed by atoms with Crippen LogP contribution >= 0.6 is 0 Å². The van der Waals surface area contributed by atoms with Crippen LogP contribution in [0.3, 0.4) is 0 Å². The van der Waals surface area contributed by atoms with Crippen molar-refractivity contribution < 1.29 is 19.2 Å². The highest BCUT2D eigenvalue weighted by Crippen LogP contribution is 2.31. The Morgan fingerprint density at radius 3 is 2.72 bits per heavy atom. The van der Waals surface area contributed by atoms with Gasteiger partial charge in [0, 0.05) is 24.5 Å². The maximum Gasteiger partial charge on any atom is 0.287 e. The Morgan fingerprint density at radius 1 is 1.21 bits per heavy atom. The fourth-order valence-electron chi connectivity index (χ4n) is 2.23. The molecular formula is C19H15N5O5. The molecule has 0 spiro atoms. The SMILES string of the molecule is COc1cc(C=NNC(=O)c2cccnc2)ccc1Oc1ccc([N+](=O)[O-])cn1. The number of hydrogen-bond acceptors (Lipinski definition) is 8. The van der Waals surface area contributed by atoms with Crippen LogP contribution in [0.5, 0.6) is 17.4 Å². The summed E-state index contributed by atoms with van der Waals surface area (Å²) in [4.78, 5) is 29.8. The lowest BCUT2D eigenvalue weighted by molar-refractivity contribution is -0.385. The van der Waals surface area contributed by atoms with Gasteiger partial charge in [0.2, 0.25) is 5.88 Å². The van der Waals surface area contributed by atoms with Crippen molar-refractivity contribution in [1.82, 2.24) is 15.4 Å². The highest BCUT2D eigenvalue weighted by atomic mass is 16.6. The number of nitrogens with zero attached hydrogens (tertiary/aromatic N) is 4. The summed E-state index contributed by atoms with van der Waals surface area (Å²) in [5, 5.41) is 14.6. The number of pyridine rings is 2. The number of carbonyl (C=O) groups is 1. The van der Waals surface area contributed by atoms with Gasteiger partial charge in [-0.1, -0.05) is 0 Å². The topological polar surface area (TPSA) is 129 Å².